The standard InChI is InChI=1S/C23H18N2O2S/c26-22(16-28-21-10-4-6-17-7-5-15-24-23(17)21)25-18-11-13-20(14-12-18)27-19-8-2-1-3-9-19/h1-15H,16H2,(H,25,26). The van der Waals surface area contributed by atoms with Crippen LogP contribution in [0.5, 0.6) is 11.5 Å². The number of para-hydroxylation sites is 2. The SMILES string of the molecule is O=C(CSc1cccc2cccnc12)Nc1ccc(Oc2ccccc2)cc1. The summed E-state index contributed by atoms with van der Waals surface area (Å²) in [5.74, 6) is 1.76. The Labute approximate surface area is 167 Å². The number of hydrogen-bond acceptors (Lipinski definition) is 4. The fourth-order valence-electron chi connectivity index (χ4n) is 2.76. The lowest BCUT2D eigenvalue weighted by atomic mass is 10.2. The monoisotopic (exact) mass is 386 g/mol. The highest BCUT2D eigenvalue weighted by atomic mass is 32.2. The first-order valence-electron chi connectivity index (χ1n) is 8.87. The number of aromatic nitrogens is 1. The summed E-state index contributed by atoms with van der Waals surface area (Å²) in [7, 11) is 0. The summed E-state index contributed by atoms with van der Waals surface area (Å²) in [6, 6.07) is 26.8. The van der Waals surface area contributed by atoms with E-state index in [0.29, 0.717) is 5.75 Å². The van der Waals surface area contributed by atoms with Crippen LogP contribution in [0.4, 0.5) is 5.69 Å². The molecule has 0 radical (unpaired) electrons. The third-order valence-corrected chi connectivity index (χ3v) is 5.12. The van der Waals surface area contributed by atoms with E-state index < -0.39 is 0 Å². The van der Waals surface area contributed by atoms with Crippen LogP contribution in [-0.4, -0.2) is 16.6 Å². The van der Waals surface area contributed by atoms with Gasteiger partial charge in [0, 0.05) is 22.2 Å². The number of anilines is 1. The molecule has 0 unspecified atom stereocenters. The van der Waals surface area contributed by atoms with Crippen LogP contribution < -0.4 is 10.1 Å². The maximum absolute atomic E-state index is 12.3. The molecule has 4 rings (SSSR count). The molecule has 1 N–H and O–H groups in total. The van der Waals surface area contributed by atoms with Crippen molar-refractivity contribution in [3.63, 3.8) is 0 Å². The van der Waals surface area contributed by atoms with Crippen molar-refractivity contribution < 1.29 is 9.53 Å². The van der Waals surface area contributed by atoms with Crippen LogP contribution in [0, 0.1) is 0 Å². The van der Waals surface area contributed by atoms with Gasteiger partial charge in [-0.1, -0.05) is 36.4 Å². The van der Waals surface area contributed by atoms with Crippen LogP contribution in [0.15, 0.2) is 96.0 Å². The topological polar surface area (TPSA) is 51.2 Å². The average Bonchev–Trinajstić information content (AvgIpc) is 2.74. The lowest BCUT2D eigenvalue weighted by Gasteiger charge is -2.09. The lowest BCUT2D eigenvalue weighted by Crippen LogP contribution is -2.13. The summed E-state index contributed by atoms with van der Waals surface area (Å²) in [4.78, 5) is 17.7. The summed E-state index contributed by atoms with van der Waals surface area (Å²) in [6.07, 6.45) is 1.77. The molecule has 28 heavy (non-hydrogen) atoms. The van der Waals surface area contributed by atoms with Crippen LogP contribution in [0.2, 0.25) is 0 Å². The summed E-state index contributed by atoms with van der Waals surface area (Å²) in [5.41, 5.74) is 1.66. The van der Waals surface area contributed by atoms with Crippen LogP contribution in [0.1, 0.15) is 0 Å². The second kappa shape index (κ2) is 8.59. The second-order valence-corrected chi connectivity index (χ2v) is 7.12. The molecule has 1 heterocycles. The van der Waals surface area contributed by atoms with Crippen molar-refractivity contribution in [2.24, 2.45) is 0 Å². The Kier molecular flexibility index (Phi) is 5.54. The van der Waals surface area contributed by atoms with Gasteiger partial charge in [-0.2, -0.15) is 0 Å². The predicted molar refractivity (Wildman–Crippen MR) is 114 cm³/mol. The number of carbonyl (C=O) groups excluding carboxylic acids is 1. The van der Waals surface area contributed by atoms with E-state index in [2.05, 4.69) is 10.3 Å². The molecule has 4 aromatic rings. The first-order chi connectivity index (χ1) is 13.8. The molecular weight excluding hydrogens is 368 g/mol. The first-order valence-corrected chi connectivity index (χ1v) is 9.86. The van der Waals surface area contributed by atoms with Crippen LogP contribution in [-0.2, 0) is 4.79 Å². The van der Waals surface area contributed by atoms with Gasteiger partial charge in [-0.15, -0.1) is 11.8 Å². The smallest absolute Gasteiger partial charge is 0.234 e. The van der Waals surface area contributed by atoms with E-state index in [9.17, 15) is 4.79 Å². The molecule has 5 heteroatoms. The number of ether oxygens (including phenoxy) is 1. The Hall–Kier alpha value is -3.31. The van der Waals surface area contributed by atoms with E-state index in [1.165, 1.54) is 11.8 Å². The number of thioether (sulfide) groups is 1. The molecule has 3 aromatic carbocycles. The van der Waals surface area contributed by atoms with Gasteiger partial charge in [-0.3, -0.25) is 9.78 Å². The maximum atomic E-state index is 12.3. The molecule has 0 bridgehead atoms. The molecule has 0 atom stereocenters. The summed E-state index contributed by atoms with van der Waals surface area (Å²) >= 11 is 1.48. The molecule has 4 nitrogen and oxygen atoms in total. The van der Waals surface area contributed by atoms with Crippen LogP contribution in [0.25, 0.3) is 10.9 Å². The number of nitrogens with one attached hydrogen (secondary N) is 1. The number of hydrogen-bond donors (Lipinski definition) is 1. The number of benzene rings is 3. The highest BCUT2D eigenvalue weighted by Gasteiger charge is 2.07. The van der Waals surface area contributed by atoms with Crippen molar-refractivity contribution >= 4 is 34.3 Å². The number of carbonyl (C=O) groups is 1. The predicted octanol–water partition coefficient (Wildman–Crippen LogP) is 5.76. The third-order valence-electron chi connectivity index (χ3n) is 4.07. The quantitative estimate of drug-likeness (QED) is 0.428. The van der Waals surface area contributed by atoms with Gasteiger partial charge in [0.15, 0.2) is 0 Å². The third kappa shape index (κ3) is 4.50. The van der Waals surface area contributed by atoms with E-state index >= 15 is 0 Å². The van der Waals surface area contributed by atoms with E-state index in [1.54, 1.807) is 6.20 Å². The second-order valence-electron chi connectivity index (χ2n) is 6.11. The molecule has 0 saturated heterocycles. The minimum absolute atomic E-state index is 0.0605. The number of pyridine rings is 1. The minimum atomic E-state index is -0.0605. The van der Waals surface area contributed by atoms with Crippen LogP contribution >= 0.6 is 11.8 Å². The number of amides is 1. The Morgan fingerprint density at radius 3 is 2.43 bits per heavy atom. The van der Waals surface area contributed by atoms with Gasteiger partial charge >= 0.3 is 0 Å². The fourth-order valence-corrected chi connectivity index (χ4v) is 3.60. The summed E-state index contributed by atoms with van der Waals surface area (Å²) in [5, 5.41) is 3.99. The van der Waals surface area contributed by atoms with Crippen molar-refractivity contribution in [2.45, 2.75) is 4.90 Å². The normalized spacial score (nSPS) is 10.6. The highest BCUT2D eigenvalue weighted by Crippen LogP contribution is 2.26. The Bertz CT molecular complexity index is 1080. The molecule has 0 aliphatic heterocycles. The molecule has 0 spiro atoms. The van der Waals surface area contributed by atoms with Crippen molar-refractivity contribution in [3.8, 4) is 11.5 Å². The van der Waals surface area contributed by atoms with E-state index in [4.69, 9.17) is 4.74 Å². The zero-order chi connectivity index (χ0) is 19.2. The number of fused-ring (bicyclic) bond motifs is 1. The summed E-state index contributed by atoms with van der Waals surface area (Å²) in [6.45, 7) is 0. The molecule has 0 fully saturated rings. The van der Waals surface area contributed by atoms with E-state index in [1.807, 2.05) is 84.9 Å². The molecule has 0 aliphatic carbocycles. The van der Waals surface area contributed by atoms with Gasteiger partial charge in [0.1, 0.15) is 11.5 Å². The molecule has 1 amide bonds. The van der Waals surface area contributed by atoms with Gasteiger partial charge in [-0.05, 0) is 48.5 Å². The van der Waals surface area contributed by atoms with Gasteiger partial charge in [0.25, 0.3) is 0 Å². The van der Waals surface area contributed by atoms with Crippen LogP contribution in [0.3, 0.4) is 0 Å². The lowest BCUT2D eigenvalue weighted by molar-refractivity contribution is -0.113. The molecule has 0 saturated carbocycles. The van der Waals surface area contributed by atoms with Gasteiger partial charge in [0.2, 0.25) is 5.91 Å². The zero-order valence-electron chi connectivity index (χ0n) is 15.0. The van der Waals surface area contributed by atoms with Gasteiger partial charge in [-0.25, -0.2) is 0 Å². The van der Waals surface area contributed by atoms with Crippen molar-refractivity contribution in [2.75, 3.05) is 11.1 Å². The fraction of sp³-hybridized carbons (Fsp3) is 0.0435. The largest absolute Gasteiger partial charge is 0.457 e. The Balaban J connectivity index is 1.34. The molecular formula is C23H18N2O2S. The highest BCUT2D eigenvalue weighted by molar-refractivity contribution is 8.00. The Morgan fingerprint density at radius 1 is 0.857 bits per heavy atom. The van der Waals surface area contributed by atoms with Gasteiger partial charge < -0.3 is 10.1 Å². The molecule has 1 aromatic heterocycles. The van der Waals surface area contributed by atoms with E-state index in [0.717, 1.165) is 33.0 Å². The van der Waals surface area contributed by atoms with Crippen molar-refractivity contribution in [1.29, 1.82) is 0 Å². The van der Waals surface area contributed by atoms with Gasteiger partial charge in [0.05, 0.1) is 11.3 Å². The summed E-state index contributed by atoms with van der Waals surface area (Å²) < 4.78 is 5.76. The molecule has 138 valence electrons. The zero-order valence-corrected chi connectivity index (χ0v) is 15.9. The minimum Gasteiger partial charge on any atom is -0.457 e. The number of nitrogens with zero attached hydrogens (tertiary/aromatic N) is 1. The number of rotatable bonds is 6. The van der Waals surface area contributed by atoms with E-state index in [-0.39, 0.29) is 5.91 Å². The Morgan fingerprint density at radius 2 is 1.61 bits per heavy atom. The molecule has 0 aliphatic rings. The first kappa shape index (κ1) is 18.1. The van der Waals surface area contributed by atoms with Crippen molar-refractivity contribution in [1.82, 2.24) is 4.98 Å². The average molecular weight is 386 g/mol. The van der Waals surface area contributed by atoms with Crippen molar-refractivity contribution in [3.05, 3.63) is 91.1 Å². The maximum Gasteiger partial charge on any atom is 0.234 e.